The molecule has 0 radical (unpaired) electrons. The number of nitrogens with zero attached hydrogens (tertiary/aromatic N) is 1. The molecule has 0 aliphatic rings. The summed E-state index contributed by atoms with van der Waals surface area (Å²) in [5.41, 5.74) is 1.16. The first-order valence-corrected chi connectivity index (χ1v) is 7.23. The number of anilines is 1. The number of nitro groups is 1. The summed E-state index contributed by atoms with van der Waals surface area (Å²) in [6.45, 7) is 1.73. The van der Waals surface area contributed by atoms with Crippen LogP contribution in [0.1, 0.15) is 18.4 Å². The molecule has 0 aliphatic carbocycles. The summed E-state index contributed by atoms with van der Waals surface area (Å²) >= 11 is 0. The zero-order valence-electron chi connectivity index (χ0n) is 13.6. The first-order valence-electron chi connectivity index (χ1n) is 7.23. The zero-order valence-corrected chi connectivity index (χ0v) is 13.6. The summed E-state index contributed by atoms with van der Waals surface area (Å²) < 4.78 is 10.4. The number of hydrogen-bond donors (Lipinski definition) is 1. The Bertz CT molecular complexity index is 743. The van der Waals surface area contributed by atoms with Crippen molar-refractivity contribution >= 4 is 17.3 Å². The summed E-state index contributed by atoms with van der Waals surface area (Å²) in [5, 5.41) is 13.5. The maximum atomic E-state index is 12.5. The van der Waals surface area contributed by atoms with Gasteiger partial charge in [0.1, 0.15) is 11.5 Å². The number of hydrogen-bond acceptors (Lipinski definition) is 5. The Balaban J connectivity index is 2.18. The molecule has 1 amide bonds. The molecule has 0 spiro atoms. The second-order valence-corrected chi connectivity index (χ2v) is 5.13. The van der Waals surface area contributed by atoms with E-state index in [0.29, 0.717) is 22.7 Å². The molecule has 0 aromatic heterocycles. The van der Waals surface area contributed by atoms with Crippen molar-refractivity contribution in [2.24, 2.45) is 0 Å². The molecule has 1 N–H and O–H groups in total. The smallest absolute Gasteiger partial charge is 0.269 e. The molecule has 0 heterocycles. The van der Waals surface area contributed by atoms with Crippen LogP contribution in [-0.4, -0.2) is 25.1 Å². The third kappa shape index (κ3) is 3.81. The van der Waals surface area contributed by atoms with Crippen LogP contribution >= 0.6 is 0 Å². The highest BCUT2D eigenvalue weighted by atomic mass is 16.6. The average Bonchev–Trinajstić information content (AvgIpc) is 2.60. The van der Waals surface area contributed by atoms with Crippen molar-refractivity contribution in [2.75, 3.05) is 19.5 Å². The largest absolute Gasteiger partial charge is 0.497 e. The van der Waals surface area contributed by atoms with Crippen molar-refractivity contribution in [2.45, 2.75) is 12.8 Å². The number of carbonyl (C=O) groups is 1. The Hall–Kier alpha value is -3.09. The summed E-state index contributed by atoms with van der Waals surface area (Å²) in [6.07, 6.45) is 0. The van der Waals surface area contributed by atoms with E-state index in [1.165, 1.54) is 26.4 Å². The molecule has 7 heteroatoms. The molecular weight excluding hydrogens is 312 g/mol. The number of amides is 1. The monoisotopic (exact) mass is 330 g/mol. The number of ether oxygens (including phenoxy) is 2. The van der Waals surface area contributed by atoms with Gasteiger partial charge >= 0.3 is 0 Å². The normalized spacial score (nSPS) is 11.5. The lowest BCUT2D eigenvalue weighted by Gasteiger charge is -2.15. The van der Waals surface area contributed by atoms with E-state index in [4.69, 9.17) is 9.47 Å². The van der Waals surface area contributed by atoms with Gasteiger partial charge in [0.25, 0.3) is 5.69 Å². The van der Waals surface area contributed by atoms with E-state index in [9.17, 15) is 14.9 Å². The van der Waals surface area contributed by atoms with Crippen molar-refractivity contribution in [1.82, 2.24) is 0 Å². The number of nitro benzene ring substituents is 1. The Kier molecular flexibility index (Phi) is 5.36. The Labute approximate surface area is 139 Å². The highest BCUT2D eigenvalue weighted by Gasteiger charge is 2.18. The van der Waals surface area contributed by atoms with Gasteiger partial charge in [-0.25, -0.2) is 0 Å². The van der Waals surface area contributed by atoms with E-state index >= 15 is 0 Å². The molecule has 0 unspecified atom stereocenters. The van der Waals surface area contributed by atoms with Crippen LogP contribution in [0.15, 0.2) is 42.5 Å². The van der Waals surface area contributed by atoms with Crippen LogP contribution < -0.4 is 14.8 Å². The Morgan fingerprint density at radius 1 is 1.12 bits per heavy atom. The van der Waals surface area contributed by atoms with E-state index in [-0.39, 0.29) is 11.6 Å². The summed E-state index contributed by atoms with van der Waals surface area (Å²) in [5.74, 6) is 0.367. The lowest BCUT2D eigenvalue weighted by atomic mass is 10.00. The van der Waals surface area contributed by atoms with Gasteiger partial charge in [0.05, 0.1) is 30.7 Å². The first kappa shape index (κ1) is 17.3. The van der Waals surface area contributed by atoms with Gasteiger partial charge in [-0.15, -0.1) is 0 Å². The molecule has 0 saturated heterocycles. The predicted octanol–water partition coefficient (Wildman–Crippen LogP) is 3.35. The molecule has 2 aromatic carbocycles. The first-order chi connectivity index (χ1) is 11.5. The van der Waals surface area contributed by atoms with E-state index in [2.05, 4.69) is 5.32 Å². The summed E-state index contributed by atoms with van der Waals surface area (Å²) in [7, 11) is 3.05. The van der Waals surface area contributed by atoms with Crippen molar-refractivity contribution in [3.63, 3.8) is 0 Å². The van der Waals surface area contributed by atoms with E-state index in [1.807, 2.05) is 0 Å². The van der Waals surface area contributed by atoms with Crippen molar-refractivity contribution in [3.8, 4) is 11.5 Å². The maximum absolute atomic E-state index is 12.5. The van der Waals surface area contributed by atoms with Crippen LogP contribution in [-0.2, 0) is 4.79 Å². The van der Waals surface area contributed by atoms with Crippen LogP contribution in [0.3, 0.4) is 0 Å². The Morgan fingerprint density at radius 2 is 1.79 bits per heavy atom. The molecule has 2 rings (SSSR count). The molecule has 0 bridgehead atoms. The third-order valence-corrected chi connectivity index (χ3v) is 3.66. The van der Waals surface area contributed by atoms with E-state index < -0.39 is 10.8 Å². The van der Waals surface area contributed by atoms with Gasteiger partial charge in [0.15, 0.2) is 0 Å². The van der Waals surface area contributed by atoms with E-state index in [0.717, 1.165) is 0 Å². The van der Waals surface area contributed by atoms with E-state index in [1.54, 1.807) is 37.3 Å². The highest BCUT2D eigenvalue weighted by Crippen LogP contribution is 2.30. The van der Waals surface area contributed by atoms with Crippen molar-refractivity contribution < 1.29 is 19.2 Å². The van der Waals surface area contributed by atoms with Crippen LogP contribution in [0.25, 0.3) is 0 Å². The molecular formula is C17H18N2O5. The molecule has 0 aliphatic heterocycles. The number of methoxy groups -OCH3 is 2. The fourth-order valence-electron chi connectivity index (χ4n) is 2.19. The van der Waals surface area contributed by atoms with Crippen molar-refractivity contribution in [1.29, 1.82) is 0 Å². The second-order valence-electron chi connectivity index (χ2n) is 5.13. The van der Waals surface area contributed by atoms with Gasteiger partial charge in [-0.2, -0.15) is 0 Å². The van der Waals surface area contributed by atoms with Crippen molar-refractivity contribution in [3.05, 3.63) is 58.1 Å². The van der Waals surface area contributed by atoms with Gasteiger partial charge < -0.3 is 14.8 Å². The van der Waals surface area contributed by atoms with Gasteiger partial charge in [0, 0.05) is 18.2 Å². The van der Waals surface area contributed by atoms with Crippen LogP contribution in [0.5, 0.6) is 11.5 Å². The highest BCUT2D eigenvalue weighted by molar-refractivity contribution is 5.97. The number of carbonyl (C=O) groups excluding carboxylic acids is 1. The van der Waals surface area contributed by atoms with Gasteiger partial charge in [-0.05, 0) is 24.6 Å². The maximum Gasteiger partial charge on any atom is 0.269 e. The van der Waals surface area contributed by atoms with Crippen LogP contribution in [0.2, 0.25) is 0 Å². The lowest BCUT2D eigenvalue weighted by Crippen LogP contribution is -2.19. The summed E-state index contributed by atoms with van der Waals surface area (Å²) in [4.78, 5) is 22.7. The molecule has 24 heavy (non-hydrogen) atoms. The van der Waals surface area contributed by atoms with Gasteiger partial charge in [0.2, 0.25) is 5.91 Å². The zero-order chi connectivity index (χ0) is 17.7. The predicted molar refractivity (Wildman–Crippen MR) is 89.7 cm³/mol. The fraction of sp³-hybridized carbons (Fsp3) is 0.235. The number of non-ortho nitro benzene ring substituents is 1. The Morgan fingerprint density at radius 3 is 2.33 bits per heavy atom. The minimum absolute atomic E-state index is 0.0131. The number of benzene rings is 2. The minimum Gasteiger partial charge on any atom is -0.497 e. The topological polar surface area (TPSA) is 90.7 Å². The van der Waals surface area contributed by atoms with Gasteiger partial charge in [-0.1, -0.05) is 12.1 Å². The molecule has 126 valence electrons. The second kappa shape index (κ2) is 7.45. The van der Waals surface area contributed by atoms with Crippen LogP contribution in [0, 0.1) is 10.1 Å². The SMILES string of the molecule is COc1ccc(OC)c(NC(=O)[C@H](C)c2ccc([N+](=O)[O-])cc2)c1. The molecule has 0 fully saturated rings. The third-order valence-electron chi connectivity index (χ3n) is 3.66. The van der Waals surface area contributed by atoms with Crippen LogP contribution in [0.4, 0.5) is 11.4 Å². The minimum atomic E-state index is -0.485. The standard InChI is InChI=1S/C17H18N2O5/c1-11(12-4-6-13(7-5-12)19(21)22)17(20)18-15-10-14(23-2)8-9-16(15)24-3/h4-11H,1-3H3,(H,18,20)/t11-/m1/s1. The fourth-order valence-corrected chi connectivity index (χ4v) is 2.19. The molecule has 2 aromatic rings. The quantitative estimate of drug-likeness (QED) is 0.648. The number of rotatable bonds is 6. The average molecular weight is 330 g/mol. The molecule has 1 atom stereocenters. The lowest BCUT2D eigenvalue weighted by molar-refractivity contribution is -0.384. The molecule has 0 saturated carbocycles. The summed E-state index contributed by atoms with van der Waals surface area (Å²) in [6, 6.07) is 11.0. The molecule has 7 nitrogen and oxygen atoms in total. The van der Waals surface area contributed by atoms with Gasteiger partial charge in [-0.3, -0.25) is 14.9 Å². The number of nitrogens with one attached hydrogen (secondary N) is 1.